The standard InChI is InChI=1S/C18H17F2N3O4S/c1-11-9-12(27-18(19)20)4-5-15(11)28(25,26)22-7-8-23-14(10-22)16-13(17(23)24)3-2-6-21-16/h2-6,9,18,24H,7-8,10H2,1H3. The van der Waals surface area contributed by atoms with E-state index < -0.39 is 16.6 Å². The molecule has 7 nitrogen and oxygen atoms in total. The number of halogens is 2. The van der Waals surface area contributed by atoms with Crippen LogP contribution in [0.25, 0.3) is 10.9 Å². The molecule has 0 atom stereocenters. The van der Waals surface area contributed by atoms with Crippen molar-refractivity contribution in [2.45, 2.75) is 31.5 Å². The minimum absolute atomic E-state index is 0.0237. The van der Waals surface area contributed by atoms with Crippen molar-refractivity contribution in [1.29, 1.82) is 0 Å². The first-order valence-corrected chi connectivity index (χ1v) is 9.93. The lowest BCUT2D eigenvalue weighted by Crippen LogP contribution is -2.38. The van der Waals surface area contributed by atoms with Crippen molar-refractivity contribution in [1.82, 2.24) is 13.9 Å². The van der Waals surface area contributed by atoms with E-state index in [1.54, 1.807) is 22.9 Å². The van der Waals surface area contributed by atoms with Gasteiger partial charge in [-0.3, -0.25) is 4.98 Å². The Hall–Kier alpha value is -2.72. The Balaban J connectivity index is 1.70. The molecule has 3 heterocycles. The van der Waals surface area contributed by atoms with Gasteiger partial charge in [-0.15, -0.1) is 0 Å². The number of sulfonamides is 1. The largest absolute Gasteiger partial charge is 0.494 e. The second-order valence-corrected chi connectivity index (χ2v) is 8.37. The van der Waals surface area contributed by atoms with Gasteiger partial charge in [0.25, 0.3) is 0 Å². The molecule has 28 heavy (non-hydrogen) atoms. The Labute approximate surface area is 159 Å². The van der Waals surface area contributed by atoms with E-state index in [0.29, 0.717) is 22.2 Å². The molecule has 2 aromatic heterocycles. The summed E-state index contributed by atoms with van der Waals surface area (Å²) in [4.78, 5) is 4.30. The fourth-order valence-electron chi connectivity index (χ4n) is 3.51. The third-order valence-corrected chi connectivity index (χ3v) is 6.80. The second kappa shape index (κ2) is 6.71. The van der Waals surface area contributed by atoms with Gasteiger partial charge in [-0.1, -0.05) is 0 Å². The number of aromatic nitrogens is 2. The van der Waals surface area contributed by atoms with E-state index in [0.717, 1.165) is 0 Å². The maximum absolute atomic E-state index is 13.1. The Morgan fingerprint density at radius 3 is 2.75 bits per heavy atom. The van der Waals surface area contributed by atoms with Crippen LogP contribution in [0.4, 0.5) is 8.78 Å². The van der Waals surface area contributed by atoms with Gasteiger partial charge < -0.3 is 14.4 Å². The Kier molecular flexibility index (Phi) is 4.47. The van der Waals surface area contributed by atoms with Crippen LogP contribution in [0.3, 0.4) is 0 Å². The predicted molar refractivity (Wildman–Crippen MR) is 96.8 cm³/mol. The van der Waals surface area contributed by atoms with Gasteiger partial charge in [0.1, 0.15) is 5.75 Å². The lowest BCUT2D eigenvalue weighted by atomic mass is 10.2. The Morgan fingerprint density at radius 2 is 2.04 bits per heavy atom. The van der Waals surface area contributed by atoms with Gasteiger partial charge in [-0.2, -0.15) is 13.1 Å². The molecule has 0 bridgehead atoms. The van der Waals surface area contributed by atoms with Crippen LogP contribution in [0.15, 0.2) is 41.4 Å². The minimum Gasteiger partial charge on any atom is -0.494 e. The van der Waals surface area contributed by atoms with Crippen molar-refractivity contribution in [2.75, 3.05) is 6.54 Å². The van der Waals surface area contributed by atoms with Crippen LogP contribution in [0, 0.1) is 6.92 Å². The molecule has 0 saturated heterocycles. The zero-order valence-corrected chi connectivity index (χ0v) is 15.7. The van der Waals surface area contributed by atoms with E-state index >= 15 is 0 Å². The highest BCUT2D eigenvalue weighted by Crippen LogP contribution is 2.35. The number of hydrogen-bond donors (Lipinski definition) is 1. The summed E-state index contributed by atoms with van der Waals surface area (Å²) in [5.41, 5.74) is 1.47. The first-order chi connectivity index (χ1) is 13.3. The number of nitrogens with zero attached hydrogens (tertiary/aromatic N) is 3. The van der Waals surface area contributed by atoms with Crippen molar-refractivity contribution < 1.29 is 27.0 Å². The number of aryl methyl sites for hydroxylation is 1. The maximum Gasteiger partial charge on any atom is 0.387 e. The predicted octanol–water partition coefficient (Wildman–Crippen LogP) is 2.86. The third kappa shape index (κ3) is 2.98. The SMILES string of the molecule is Cc1cc(OC(F)F)ccc1S(=O)(=O)N1CCn2c(O)c3cccnc3c2C1. The number of pyridine rings is 1. The van der Waals surface area contributed by atoms with Gasteiger partial charge in [0.2, 0.25) is 15.9 Å². The number of benzene rings is 1. The Bertz CT molecular complexity index is 1160. The average molecular weight is 409 g/mol. The summed E-state index contributed by atoms with van der Waals surface area (Å²) in [6.07, 6.45) is 1.59. The molecule has 1 aliphatic heterocycles. The molecule has 0 amide bonds. The van der Waals surface area contributed by atoms with Gasteiger partial charge in [0.05, 0.1) is 28.0 Å². The number of alkyl halides is 2. The molecule has 0 fully saturated rings. The number of ether oxygens (including phenoxy) is 1. The summed E-state index contributed by atoms with van der Waals surface area (Å²) in [7, 11) is -3.87. The number of hydrogen-bond acceptors (Lipinski definition) is 5. The summed E-state index contributed by atoms with van der Waals surface area (Å²) in [6, 6.07) is 7.18. The average Bonchev–Trinajstić information content (AvgIpc) is 2.94. The number of fused-ring (bicyclic) bond motifs is 3. The Morgan fingerprint density at radius 1 is 1.25 bits per heavy atom. The van der Waals surface area contributed by atoms with Gasteiger partial charge in [-0.25, -0.2) is 8.42 Å². The normalized spacial score (nSPS) is 15.1. The quantitative estimate of drug-likeness (QED) is 0.716. The second-order valence-electron chi connectivity index (χ2n) is 6.47. The van der Waals surface area contributed by atoms with Crippen LogP contribution in [0.2, 0.25) is 0 Å². The fraction of sp³-hybridized carbons (Fsp3) is 0.278. The maximum atomic E-state index is 13.1. The minimum atomic E-state index is -3.87. The highest BCUT2D eigenvalue weighted by Gasteiger charge is 2.32. The highest BCUT2D eigenvalue weighted by atomic mass is 32.2. The first kappa shape index (κ1) is 18.6. The van der Waals surface area contributed by atoms with Crippen LogP contribution in [0.1, 0.15) is 11.3 Å². The van der Waals surface area contributed by atoms with E-state index in [1.807, 2.05) is 0 Å². The lowest BCUT2D eigenvalue weighted by Gasteiger charge is -2.28. The summed E-state index contributed by atoms with van der Waals surface area (Å²) in [5, 5.41) is 10.9. The van der Waals surface area contributed by atoms with E-state index in [4.69, 9.17) is 0 Å². The number of aromatic hydroxyl groups is 1. The molecule has 0 radical (unpaired) electrons. The zero-order valence-electron chi connectivity index (χ0n) is 14.8. The van der Waals surface area contributed by atoms with Gasteiger partial charge in [-0.05, 0) is 42.8 Å². The van der Waals surface area contributed by atoms with Crippen LogP contribution < -0.4 is 4.74 Å². The van der Waals surface area contributed by atoms with Gasteiger partial charge in [0, 0.05) is 19.3 Å². The summed E-state index contributed by atoms with van der Waals surface area (Å²) < 4.78 is 58.3. The van der Waals surface area contributed by atoms with Crippen molar-refractivity contribution >= 4 is 20.9 Å². The van der Waals surface area contributed by atoms with Crippen molar-refractivity contribution in [3.05, 3.63) is 47.8 Å². The molecule has 0 spiro atoms. The van der Waals surface area contributed by atoms with Gasteiger partial charge >= 0.3 is 6.61 Å². The molecular formula is C18H17F2N3O4S. The number of rotatable bonds is 4. The molecule has 148 valence electrons. The lowest BCUT2D eigenvalue weighted by molar-refractivity contribution is -0.0499. The molecule has 3 aromatic rings. The third-order valence-electron chi connectivity index (χ3n) is 4.79. The fourth-order valence-corrected chi connectivity index (χ4v) is 5.11. The molecule has 1 aromatic carbocycles. The van der Waals surface area contributed by atoms with E-state index in [-0.39, 0.29) is 36.2 Å². The van der Waals surface area contributed by atoms with E-state index in [2.05, 4.69) is 9.72 Å². The summed E-state index contributed by atoms with van der Waals surface area (Å²) in [5.74, 6) is -0.0288. The molecule has 0 saturated carbocycles. The van der Waals surface area contributed by atoms with Crippen molar-refractivity contribution in [3.8, 4) is 11.6 Å². The van der Waals surface area contributed by atoms with Crippen LogP contribution >= 0.6 is 0 Å². The molecule has 10 heteroatoms. The molecule has 0 aliphatic carbocycles. The zero-order chi connectivity index (χ0) is 20.1. The van der Waals surface area contributed by atoms with Crippen LogP contribution in [-0.2, 0) is 23.1 Å². The molecular weight excluding hydrogens is 392 g/mol. The summed E-state index contributed by atoms with van der Waals surface area (Å²) >= 11 is 0. The van der Waals surface area contributed by atoms with E-state index in [1.165, 1.54) is 29.4 Å². The highest BCUT2D eigenvalue weighted by molar-refractivity contribution is 7.89. The summed E-state index contributed by atoms with van der Waals surface area (Å²) in [6.45, 7) is -0.961. The monoisotopic (exact) mass is 409 g/mol. The topological polar surface area (TPSA) is 84.7 Å². The van der Waals surface area contributed by atoms with E-state index in [9.17, 15) is 22.3 Å². The molecule has 1 N–H and O–H groups in total. The molecule has 4 rings (SSSR count). The molecule has 0 unspecified atom stereocenters. The van der Waals surface area contributed by atoms with Crippen LogP contribution in [-0.4, -0.2) is 40.5 Å². The van der Waals surface area contributed by atoms with Crippen LogP contribution in [0.5, 0.6) is 11.6 Å². The first-order valence-electron chi connectivity index (χ1n) is 8.49. The molecule has 1 aliphatic rings. The van der Waals surface area contributed by atoms with Crippen molar-refractivity contribution in [2.24, 2.45) is 0 Å². The van der Waals surface area contributed by atoms with Crippen molar-refractivity contribution in [3.63, 3.8) is 0 Å². The van der Waals surface area contributed by atoms with Gasteiger partial charge in [0.15, 0.2) is 0 Å². The smallest absolute Gasteiger partial charge is 0.387 e.